The molecule has 0 saturated carbocycles. The molecule has 0 aromatic heterocycles. The fraction of sp³-hybridized carbons (Fsp3) is 0.462. The van der Waals surface area contributed by atoms with E-state index in [-0.39, 0.29) is 23.7 Å². The van der Waals surface area contributed by atoms with E-state index in [0.717, 1.165) is 12.8 Å². The van der Waals surface area contributed by atoms with Crippen LogP contribution < -0.4 is 5.73 Å². The van der Waals surface area contributed by atoms with E-state index in [0.29, 0.717) is 12.1 Å². The average Bonchev–Trinajstić information content (AvgIpc) is 2.29. The number of amides is 1. The number of carbonyl (C=O) groups is 1. The summed E-state index contributed by atoms with van der Waals surface area (Å²) in [5.74, 6) is -0.0675. The van der Waals surface area contributed by atoms with Crippen LogP contribution in [0, 0.1) is 0 Å². The molecule has 0 bridgehead atoms. The monoisotopic (exact) mass is 234 g/mol. The predicted molar refractivity (Wildman–Crippen MR) is 65.8 cm³/mol. The second-order valence-electron chi connectivity index (χ2n) is 4.65. The van der Waals surface area contributed by atoms with E-state index in [1.165, 1.54) is 6.07 Å². The quantitative estimate of drug-likeness (QED) is 0.770. The van der Waals surface area contributed by atoms with Gasteiger partial charge in [0.1, 0.15) is 5.75 Å². The molecule has 1 aromatic carbocycles. The second-order valence-corrected chi connectivity index (χ2v) is 4.65. The zero-order chi connectivity index (χ0) is 12.4. The van der Waals surface area contributed by atoms with E-state index in [9.17, 15) is 9.90 Å². The lowest BCUT2D eigenvalue weighted by Crippen LogP contribution is -2.48. The summed E-state index contributed by atoms with van der Waals surface area (Å²) in [5, 5.41) is 9.68. The molecule has 1 heterocycles. The minimum atomic E-state index is -0.109. The topological polar surface area (TPSA) is 66.6 Å². The second kappa shape index (κ2) is 4.75. The van der Waals surface area contributed by atoms with Crippen molar-refractivity contribution in [3.05, 3.63) is 29.8 Å². The smallest absolute Gasteiger partial charge is 0.257 e. The number of carbonyl (C=O) groups excluding carboxylic acids is 1. The van der Waals surface area contributed by atoms with Gasteiger partial charge in [0.25, 0.3) is 5.91 Å². The van der Waals surface area contributed by atoms with Gasteiger partial charge in [-0.05, 0) is 31.9 Å². The van der Waals surface area contributed by atoms with Crippen LogP contribution in [-0.2, 0) is 0 Å². The van der Waals surface area contributed by atoms with Crippen LogP contribution in [0.1, 0.15) is 30.1 Å². The van der Waals surface area contributed by atoms with Crippen LogP contribution in [-0.4, -0.2) is 34.5 Å². The van der Waals surface area contributed by atoms with Crippen molar-refractivity contribution < 1.29 is 9.90 Å². The van der Waals surface area contributed by atoms with Crippen LogP contribution in [0.4, 0.5) is 0 Å². The maximum absolute atomic E-state index is 12.3. The Balaban J connectivity index is 2.18. The van der Waals surface area contributed by atoms with Gasteiger partial charge in [0, 0.05) is 18.6 Å². The molecular weight excluding hydrogens is 216 g/mol. The number of nitrogens with zero attached hydrogens (tertiary/aromatic N) is 1. The Labute approximate surface area is 101 Å². The molecule has 0 spiro atoms. The molecule has 4 nitrogen and oxygen atoms in total. The lowest BCUT2D eigenvalue weighted by molar-refractivity contribution is 0.0616. The minimum Gasteiger partial charge on any atom is -0.507 e. The molecule has 0 radical (unpaired) electrons. The van der Waals surface area contributed by atoms with Crippen molar-refractivity contribution in [2.24, 2.45) is 5.73 Å². The summed E-state index contributed by atoms with van der Waals surface area (Å²) in [6.07, 6.45) is 1.64. The molecular formula is C13H18N2O2. The number of hydrogen-bond acceptors (Lipinski definition) is 3. The highest BCUT2D eigenvalue weighted by Gasteiger charge is 2.28. The van der Waals surface area contributed by atoms with E-state index in [4.69, 9.17) is 5.73 Å². The van der Waals surface area contributed by atoms with Gasteiger partial charge in [-0.25, -0.2) is 0 Å². The number of piperidine rings is 1. The molecule has 4 heteroatoms. The Morgan fingerprint density at radius 3 is 2.82 bits per heavy atom. The molecule has 2 unspecified atom stereocenters. The van der Waals surface area contributed by atoms with Crippen molar-refractivity contribution >= 4 is 5.91 Å². The zero-order valence-corrected chi connectivity index (χ0v) is 9.97. The van der Waals surface area contributed by atoms with Crippen molar-refractivity contribution in [2.45, 2.75) is 31.8 Å². The van der Waals surface area contributed by atoms with Crippen LogP contribution in [0.3, 0.4) is 0 Å². The Morgan fingerprint density at radius 1 is 1.47 bits per heavy atom. The van der Waals surface area contributed by atoms with Crippen LogP contribution in [0.25, 0.3) is 0 Å². The molecule has 2 atom stereocenters. The number of phenols is 1. The van der Waals surface area contributed by atoms with Gasteiger partial charge in [-0.2, -0.15) is 0 Å². The molecule has 1 fully saturated rings. The highest BCUT2D eigenvalue weighted by atomic mass is 16.3. The van der Waals surface area contributed by atoms with Gasteiger partial charge in [0.05, 0.1) is 5.56 Å². The number of aromatic hydroxyl groups is 1. The van der Waals surface area contributed by atoms with E-state index in [1.54, 1.807) is 23.1 Å². The molecule has 0 aliphatic carbocycles. The third kappa shape index (κ3) is 2.42. The Morgan fingerprint density at radius 2 is 2.18 bits per heavy atom. The van der Waals surface area contributed by atoms with Gasteiger partial charge >= 0.3 is 0 Å². The first kappa shape index (κ1) is 11.9. The minimum absolute atomic E-state index is 0.0413. The zero-order valence-electron chi connectivity index (χ0n) is 9.97. The average molecular weight is 234 g/mol. The Kier molecular flexibility index (Phi) is 3.33. The predicted octanol–water partition coefficient (Wildman–Crippen LogP) is 1.34. The van der Waals surface area contributed by atoms with Crippen molar-refractivity contribution in [1.82, 2.24) is 4.90 Å². The summed E-state index contributed by atoms with van der Waals surface area (Å²) in [6, 6.07) is 6.96. The van der Waals surface area contributed by atoms with E-state index >= 15 is 0 Å². The highest BCUT2D eigenvalue weighted by Crippen LogP contribution is 2.23. The van der Waals surface area contributed by atoms with Gasteiger partial charge in [0.15, 0.2) is 0 Å². The van der Waals surface area contributed by atoms with Gasteiger partial charge in [0.2, 0.25) is 0 Å². The summed E-state index contributed by atoms with van der Waals surface area (Å²) in [4.78, 5) is 14.1. The van der Waals surface area contributed by atoms with E-state index in [2.05, 4.69) is 0 Å². The molecule has 3 N–H and O–H groups in total. The van der Waals surface area contributed by atoms with Crippen LogP contribution in [0.5, 0.6) is 5.75 Å². The van der Waals surface area contributed by atoms with Crippen molar-refractivity contribution in [1.29, 1.82) is 0 Å². The summed E-state index contributed by atoms with van der Waals surface area (Å²) >= 11 is 0. The first-order valence-corrected chi connectivity index (χ1v) is 5.94. The number of benzene rings is 1. The summed E-state index contributed by atoms with van der Waals surface area (Å²) < 4.78 is 0. The van der Waals surface area contributed by atoms with Gasteiger partial charge < -0.3 is 15.7 Å². The van der Waals surface area contributed by atoms with Gasteiger partial charge in [-0.15, -0.1) is 0 Å². The van der Waals surface area contributed by atoms with Crippen LogP contribution in [0.15, 0.2) is 24.3 Å². The molecule has 1 amide bonds. The summed E-state index contributed by atoms with van der Waals surface area (Å²) in [6.45, 7) is 2.66. The standard InChI is InChI=1S/C13H18N2O2/c1-9-8-10(14)6-7-15(9)13(17)11-4-2-3-5-12(11)16/h2-5,9-10,16H,6-8,14H2,1H3. The number of rotatable bonds is 1. The van der Waals surface area contributed by atoms with Crippen molar-refractivity contribution in [3.8, 4) is 5.75 Å². The fourth-order valence-corrected chi connectivity index (χ4v) is 2.32. The third-order valence-electron chi connectivity index (χ3n) is 3.31. The maximum Gasteiger partial charge on any atom is 0.257 e. The Hall–Kier alpha value is -1.55. The van der Waals surface area contributed by atoms with Crippen molar-refractivity contribution in [3.63, 3.8) is 0 Å². The normalized spacial score (nSPS) is 24.7. The molecule has 1 aromatic rings. The maximum atomic E-state index is 12.3. The van der Waals surface area contributed by atoms with E-state index < -0.39 is 0 Å². The van der Waals surface area contributed by atoms with Crippen LogP contribution >= 0.6 is 0 Å². The first-order valence-electron chi connectivity index (χ1n) is 5.94. The lowest BCUT2D eigenvalue weighted by Gasteiger charge is -2.36. The first-order chi connectivity index (χ1) is 8.09. The highest BCUT2D eigenvalue weighted by molar-refractivity contribution is 5.97. The molecule has 92 valence electrons. The SMILES string of the molecule is CC1CC(N)CCN1C(=O)c1ccccc1O. The molecule has 1 saturated heterocycles. The molecule has 2 rings (SSSR count). The van der Waals surface area contributed by atoms with Crippen molar-refractivity contribution in [2.75, 3.05) is 6.54 Å². The van der Waals surface area contributed by atoms with Crippen LogP contribution in [0.2, 0.25) is 0 Å². The number of nitrogens with two attached hydrogens (primary N) is 1. The summed E-state index contributed by atoms with van der Waals surface area (Å²) in [5.41, 5.74) is 6.24. The molecule has 17 heavy (non-hydrogen) atoms. The fourth-order valence-electron chi connectivity index (χ4n) is 2.32. The number of hydrogen-bond donors (Lipinski definition) is 2. The third-order valence-corrected chi connectivity index (χ3v) is 3.31. The van der Waals surface area contributed by atoms with Gasteiger partial charge in [-0.3, -0.25) is 4.79 Å². The summed E-state index contributed by atoms with van der Waals surface area (Å²) in [7, 11) is 0. The number of likely N-dealkylation sites (tertiary alicyclic amines) is 1. The molecule has 1 aliphatic heterocycles. The Bertz CT molecular complexity index is 420. The lowest BCUT2D eigenvalue weighted by atomic mass is 9.98. The number of phenolic OH excluding ortho intramolecular Hbond substituents is 1. The largest absolute Gasteiger partial charge is 0.507 e. The number of para-hydroxylation sites is 1. The van der Waals surface area contributed by atoms with Gasteiger partial charge in [-0.1, -0.05) is 12.1 Å². The molecule has 1 aliphatic rings. The van der Waals surface area contributed by atoms with E-state index in [1.807, 2.05) is 6.92 Å².